The Balaban J connectivity index is -0.00000000889. The molecule has 9 heavy (non-hydrogen) atoms. The van der Waals surface area contributed by atoms with E-state index in [9.17, 15) is 0 Å². The molecule has 7 heteroatoms. The molecule has 0 atom stereocenters. The van der Waals surface area contributed by atoms with E-state index < -0.39 is 9.29 Å². The Morgan fingerprint density at radius 3 is 1.33 bits per heavy atom. The summed E-state index contributed by atoms with van der Waals surface area (Å²) in [6.45, 7) is 2.04. The summed E-state index contributed by atoms with van der Waals surface area (Å²) in [7, 11) is 1.77. The van der Waals surface area contributed by atoms with E-state index in [1.807, 2.05) is 6.92 Å². The third-order valence-corrected chi connectivity index (χ3v) is 0. The fraction of sp³-hybridized carbons (Fsp3) is 1.00. The van der Waals surface area contributed by atoms with E-state index in [1.165, 1.54) is 0 Å². The van der Waals surface area contributed by atoms with Gasteiger partial charge in [-0.2, -0.15) is 0 Å². The molecule has 0 heterocycles. The van der Waals surface area contributed by atoms with Crippen molar-refractivity contribution in [2.45, 2.75) is 13.0 Å². The monoisotopic (exact) mass is 197 g/mol. The van der Waals surface area contributed by atoms with Gasteiger partial charge in [-0.05, 0) is 0 Å². The Labute approximate surface area is 74.3 Å². The molecule has 0 aliphatic rings. The van der Waals surface area contributed by atoms with Crippen molar-refractivity contribution >= 4 is 19.5 Å². The molecule has 4 nitrogen and oxygen atoms in total. The van der Waals surface area contributed by atoms with Crippen LogP contribution in [0.1, 0.15) is 6.92 Å². The van der Waals surface area contributed by atoms with Crippen molar-refractivity contribution in [1.29, 1.82) is 0 Å². The molecule has 0 rings (SSSR count). The summed E-state index contributed by atoms with van der Waals surface area (Å²) in [6, 6.07) is 1.06. The van der Waals surface area contributed by atoms with Gasteiger partial charge in [-0.3, -0.25) is 8.92 Å². The van der Waals surface area contributed by atoms with Crippen molar-refractivity contribution in [3.63, 3.8) is 0 Å². The summed E-state index contributed by atoms with van der Waals surface area (Å²) in [5.74, 6) is 0. The van der Waals surface area contributed by atoms with Crippen molar-refractivity contribution in [2.24, 2.45) is 0 Å². The maximum absolute atomic E-state index is 8.40. The molecule has 46 valence electrons. The average Bonchev–Trinajstić information content (AvgIpc) is 1.39. The first kappa shape index (κ1) is 33.3. The first-order valence-corrected chi connectivity index (χ1v) is 2.99. The van der Waals surface area contributed by atoms with E-state index in [0.29, 0.717) is 0 Å². The molecule has 0 bridgehead atoms. The van der Waals surface area contributed by atoms with Crippen molar-refractivity contribution in [1.82, 2.24) is 0 Å². The quantitative estimate of drug-likeness (QED) is 0.500. The second-order valence-corrected chi connectivity index (χ2v) is 1.31. The average molecular weight is 197 g/mol. The topological polar surface area (TPSA) is 91.1 Å². The molecule has 0 spiro atoms. The zero-order valence-electron chi connectivity index (χ0n) is 4.84. The molecule has 0 N–H and O–H groups in total. The first-order chi connectivity index (χ1) is 2.83. The SMILES string of the molecule is CC[Si+3].O=[Si]=O.[O-2].[O-2].[Ti+4]. The van der Waals surface area contributed by atoms with E-state index in [-0.39, 0.29) is 32.7 Å². The zero-order chi connectivity index (χ0) is 5.41. The second kappa shape index (κ2) is 71.6. The van der Waals surface area contributed by atoms with Gasteiger partial charge in [-0.25, -0.2) is 0 Å². The van der Waals surface area contributed by atoms with Crippen LogP contribution >= 0.6 is 0 Å². The van der Waals surface area contributed by atoms with Crippen molar-refractivity contribution < 1.29 is 41.6 Å². The normalized spacial score (nSPS) is 3.00. The molecule has 0 aromatic rings. The smallest absolute Gasteiger partial charge is 2.00 e. The summed E-state index contributed by atoms with van der Waals surface area (Å²) in [5.41, 5.74) is 0. The van der Waals surface area contributed by atoms with E-state index in [0.717, 1.165) is 6.04 Å². The van der Waals surface area contributed by atoms with E-state index >= 15 is 0 Å². The number of hydrogen-bond donors (Lipinski definition) is 0. The van der Waals surface area contributed by atoms with Crippen LogP contribution in [-0.2, 0) is 41.6 Å². The molecule has 0 amide bonds. The van der Waals surface area contributed by atoms with Crippen LogP contribution in [0.2, 0.25) is 6.04 Å². The van der Waals surface area contributed by atoms with Gasteiger partial charge in [0, 0.05) is 0 Å². The van der Waals surface area contributed by atoms with Crippen LogP contribution in [0.3, 0.4) is 0 Å². The molecule has 0 saturated heterocycles. The Kier molecular flexibility index (Phi) is 265. The van der Waals surface area contributed by atoms with Gasteiger partial charge in [-0.15, -0.1) is 0 Å². The maximum Gasteiger partial charge on any atom is 4.00 e. The molecule has 0 saturated carbocycles. The van der Waals surface area contributed by atoms with Gasteiger partial charge in [-0.1, -0.05) is 0 Å². The predicted molar refractivity (Wildman–Crippen MR) is 24.7 cm³/mol. The van der Waals surface area contributed by atoms with Crippen LogP contribution in [0.4, 0.5) is 0 Å². The van der Waals surface area contributed by atoms with Crippen LogP contribution in [0.15, 0.2) is 0 Å². The van der Waals surface area contributed by atoms with E-state index in [4.69, 9.17) is 8.92 Å². The minimum Gasteiger partial charge on any atom is -2.00 e. The molecule has 0 radical (unpaired) electrons. The van der Waals surface area contributed by atoms with Crippen LogP contribution in [0, 0.1) is 0 Å². The first-order valence-electron chi connectivity index (χ1n) is 1.47. The molecule has 0 aromatic heterocycles. The molecule has 0 unspecified atom stereocenters. The molecule has 0 aliphatic heterocycles. The standard InChI is InChI=1S/C2H5Si.O2Si.2O.Ti/c1-2-3;1-3-2;;;/h2H2,1H3;;;;/q+3;;2*-2;+4. The summed E-state index contributed by atoms with van der Waals surface area (Å²) in [4.78, 5) is 0. The molecule has 0 aliphatic carbocycles. The molecular formula is C2H5O4Si2Ti+3. The largest absolute Gasteiger partial charge is 4.00 e. The van der Waals surface area contributed by atoms with E-state index in [1.54, 1.807) is 0 Å². The minimum absolute atomic E-state index is 0. The third kappa shape index (κ3) is 864. The second-order valence-electron chi connectivity index (χ2n) is 0.437. The Morgan fingerprint density at radius 2 is 1.33 bits per heavy atom. The third-order valence-electron chi connectivity index (χ3n) is 0. The Hall–Kier alpha value is 0.668. The number of rotatable bonds is 0. The molecular weight excluding hydrogens is 192 g/mol. The summed E-state index contributed by atoms with van der Waals surface area (Å²) < 4.78 is 16.8. The fourth-order valence-electron chi connectivity index (χ4n) is 0. The summed E-state index contributed by atoms with van der Waals surface area (Å²) in [5, 5.41) is 0. The Bertz CT molecular complexity index is 45.8. The van der Waals surface area contributed by atoms with Crippen LogP contribution < -0.4 is 0 Å². The maximum atomic E-state index is 8.40. The summed E-state index contributed by atoms with van der Waals surface area (Å²) in [6.07, 6.45) is 0. The molecule has 0 aromatic carbocycles. The fourth-order valence-corrected chi connectivity index (χ4v) is 0. The number of hydrogen-bond acceptors (Lipinski definition) is 2. The minimum atomic E-state index is -1.42. The van der Waals surface area contributed by atoms with Gasteiger partial charge in [0.2, 0.25) is 0 Å². The van der Waals surface area contributed by atoms with Crippen molar-refractivity contribution in [3.05, 3.63) is 0 Å². The van der Waals surface area contributed by atoms with Crippen LogP contribution in [-0.4, -0.2) is 19.5 Å². The van der Waals surface area contributed by atoms with Crippen molar-refractivity contribution in [2.75, 3.05) is 0 Å². The van der Waals surface area contributed by atoms with Gasteiger partial charge in [0.1, 0.15) is 0 Å². The van der Waals surface area contributed by atoms with Gasteiger partial charge >= 0.3 is 54.2 Å². The van der Waals surface area contributed by atoms with E-state index in [2.05, 4.69) is 10.2 Å². The van der Waals surface area contributed by atoms with Gasteiger partial charge in [0.05, 0.1) is 0 Å². The molecule has 0 fully saturated rings. The van der Waals surface area contributed by atoms with Crippen LogP contribution in [0.5, 0.6) is 0 Å². The zero-order valence-corrected chi connectivity index (χ0v) is 8.40. The Morgan fingerprint density at radius 1 is 1.33 bits per heavy atom. The van der Waals surface area contributed by atoms with Gasteiger partial charge in [0.25, 0.3) is 0 Å². The predicted octanol–water partition coefficient (Wildman–Crippen LogP) is -0.265. The summed E-state index contributed by atoms with van der Waals surface area (Å²) >= 11 is 0. The van der Waals surface area contributed by atoms with Crippen molar-refractivity contribution in [3.8, 4) is 0 Å². The van der Waals surface area contributed by atoms with Gasteiger partial charge in [0.15, 0.2) is 0 Å². The van der Waals surface area contributed by atoms with Gasteiger partial charge < -0.3 is 11.0 Å². The van der Waals surface area contributed by atoms with Crippen LogP contribution in [0.25, 0.3) is 0 Å².